The Morgan fingerprint density at radius 1 is 0.884 bits per heavy atom. The fourth-order valence-electron chi connectivity index (χ4n) is 5.68. The minimum absolute atomic E-state index is 0.130. The Morgan fingerprint density at radius 2 is 1.44 bits per heavy atom. The van der Waals surface area contributed by atoms with Crippen molar-refractivity contribution in [1.29, 1.82) is 0 Å². The first kappa shape index (κ1) is 31.6. The van der Waals surface area contributed by atoms with E-state index in [1.807, 2.05) is 27.7 Å². The summed E-state index contributed by atoms with van der Waals surface area (Å²) in [7, 11) is 0. The topological polar surface area (TPSA) is 123 Å². The van der Waals surface area contributed by atoms with Gasteiger partial charge in [0.1, 0.15) is 28.9 Å². The minimum Gasteiger partial charge on any atom is -0.492 e. The fraction of sp³-hybridized carbons (Fsp3) is 0.382. The van der Waals surface area contributed by atoms with Crippen LogP contribution in [0.15, 0.2) is 72.8 Å². The van der Waals surface area contributed by atoms with Gasteiger partial charge in [0.2, 0.25) is 11.8 Å². The van der Waals surface area contributed by atoms with Gasteiger partial charge in [0.05, 0.1) is 42.2 Å². The van der Waals surface area contributed by atoms with E-state index in [2.05, 4.69) is 10.6 Å². The highest BCUT2D eigenvalue weighted by Crippen LogP contribution is 2.47. The molecule has 1 aliphatic rings. The van der Waals surface area contributed by atoms with Gasteiger partial charge in [-0.25, -0.2) is 0 Å². The molecule has 1 aliphatic carbocycles. The molecule has 0 heterocycles. The second-order valence-corrected chi connectivity index (χ2v) is 11.1. The van der Waals surface area contributed by atoms with Crippen molar-refractivity contribution in [3.8, 4) is 17.2 Å². The number of ketones is 1. The van der Waals surface area contributed by atoms with Crippen LogP contribution in [0.2, 0.25) is 0 Å². The summed E-state index contributed by atoms with van der Waals surface area (Å²) in [5, 5.41) is 17.4. The number of hydrogen-bond donors (Lipinski definition) is 3. The predicted molar refractivity (Wildman–Crippen MR) is 165 cm³/mol. The van der Waals surface area contributed by atoms with Crippen molar-refractivity contribution < 1.29 is 33.7 Å². The molecule has 3 aromatic carbocycles. The average Bonchev–Trinajstić information content (AvgIpc) is 2.94. The standard InChI is InChI=1S/C34H40N2O7/c1-6-41-27-17-10-8-15-24(27)35-32(38)30-26(37)20-34(5,40)31(29(30)22-13-12-14-23(19-22)43-21(3)4)33(39)36-25-16-9-11-18-28(25)42-7-2/h8-19,21,29-31,40H,6-7,20H2,1-5H3,(H,35,38)(H,36,39). The number of carbonyl (C=O) groups is 3. The largest absolute Gasteiger partial charge is 0.492 e. The summed E-state index contributed by atoms with van der Waals surface area (Å²) in [6.07, 6.45) is -0.517. The zero-order valence-corrected chi connectivity index (χ0v) is 25.3. The van der Waals surface area contributed by atoms with E-state index < -0.39 is 41.0 Å². The van der Waals surface area contributed by atoms with Crippen LogP contribution in [0.1, 0.15) is 52.5 Å². The third-order valence-corrected chi connectivity index (χ3v) is 7.34. The molecule has 4 atom stereocenters. The molecule has 43 heavy (non-hydrogen) atoms. The number of benzene rings is 3. The zero-order chi connectivity index (χ0) is 31.1. The molecule has 228 valence electrons. The van der Waals surface area contributed by atoms with Crippen LogP contribution in [0, 0.1) is 11.8 Å². The highest BCUT2D eigenvalue weighted by Gasteiger charge is 2.56. The van der Waals surface area contributed by atoms with Gasteiger partial charge < -0.3 is 30.0 Å². The summed E-state index contributed by atoms with van der Waals surface area (Å²) >= 11 is 0. The molecule has 3 aromatic rings. The van der Waals surface area contributed by atoms with Crippen molar-refractivity contribution in [2.75, 3.05) is 23.8 Å². The normalized spacial score (nSPS) is 21.7. The smallest absolute Gasteiger partial charge is 0.235 e. The summed E-state index contributed by atoms with van der Waals surface area (Å²) in [6.45, 7) is 9.68. The van der Waals surface area contributed by atoms with E-state index in [4.69, 9.17) is 14.2 Å². The lowest BCUT2D eigenvalue weighted by Crippen LogP contribution is -2.56. The number of amides is 2. The summed E-state index contributed by atoms with van der Waals surface area (Å²) < 4.78 is 17.3. The summed E-state index contributed by atoms with van der Waals surface area (Å²) in [5.41, 5.74) is -0.421. The third kappa shape index (κ3) is 7.35. The number of carbonyl (C=O) groups excluding carboxylic acids is 3. The van der Waals surface area contributed by atoms with Gasteiger partial charge in [-0.3, -0.25) is 14.4 Å². The molecule has 9 heteroatoms. The molecule has 0 radical (unpaired) electrons. The van der Waals surface area contributed by atoms with Gasteiger partial charge >= 0.3 is 0 Å². The first-order chi connectivity index (χ1) is 20.6. The summed E-state index contributed by atoms with van der Waals surface area (Å²) in [4.78, 5) is 41.9. The average molecular weight is 589 g/mol. The third-order valence-electron chi connectivity index (χ3n) is 7.34. The number of ether oxygens (including phenoxy) is 3. The number of aliphatic hydroxyl groups is 1. The number of nitrogens with one attached hydrogen (secondary N) is 2. The van der Waals surface area contributed by atoms with Crippen molar-refractivity contribution in [2.45, 2.75) is 58.7 Å². The van der Waals surface area contributed by atoms with Crippen molar-refractivity contribution in [1.82, 2.24) is 0 Å². The van der Waals surface area contributed by atoms with E-state index in [1.165, 1.54) is 6.92 Å². The maximum atomic E-state index is 14.1. The SMILES string of the molecule is CCOc1ccccc1NC(=O)C1C(=O)CC(C)(O)C(C(=O)Nc2ccccc2OCC)C1c1cccc(OC(C)C)c1. The van der Waals surface area contributed by atoms with E-state index in [0.29, 0.717) is 47.4 Å². The Labute approximate surface area is 252 Å². The van der Waals surface area contributed by atoms with Crippen molar-refractivity contribution in [3.05, 3.63) is 78.4 Å². The molecule has 3 N–H and O–H groups in total. The maximum absolute atomic E-state index is 14.1. The second kappa shape index (κ2) is 13.7. The van der Waals surface area contributed by atoms with Crippen LogP contribution in [0.5, 0.6) is 17.2 Å². The molecular formula is C34H40N2O7. The highest BCUT2D eigenvalue weighted by atomic mass is 16.5. The van der Waals surface area contributed by atoms with Crippen LogP contribution in [-0.4, -0.2) is 47.6 Å². The lowest BCUT2D eigenvalue weighted by Gasteiger charge is -2.44. The van der Waals surface area contributed by atoms with Crippen LogP contribution in [0.3, 0.4) is 0 Å². The van der Waals surface area contributed by atoms with Crippen LogP contribution in [0.25, 0.3) is 0 Å². The van der Waals surface area contributed by atoms with Crippen LogP contribution in [-0.2, 0) is 14.4 Å². The van der Waals surface area contributed by atoms with Crippen LogP contribution in [0.4, 0.5) is 11.4 Å². The van der Waals surface area contributed by atoms with Gasteiger partial charge in [0.25, 0.3) is 0 Å². The Balaban J connectivity index is 1.80. The Bertz CT molecular complexity index is 1450. The summed E-state index contributed by atoms with van der Waals surface area (Å²) in [5.74, 6) is -3.67. The molecule has 1 saturated carbocycles. The molecule has 0 spiro atoms. The molecule has 9 nitrogen and oxygen atoms in total. The molecule has 2 amide bonds. The van der Waals surface area contributed by atoms with Crippen molar-refractivity contribution >= 4 is 29.0 Å². The molecule has 4 rings (SSSR count). The number of anilines is 2. The van der Waals surface area contributed by atoms with E-state index in [0.717, 1.165) is 0 Å². The van der Waals surface area contributed by atoms with E-state index in [1.54, 1.807) is 72.8 Å². The first-order valence-electron chi connectivity index (χ1n) is 14.6. The quantitative estimate of drug-likeness (QED) is 0.250. The van der Waals surface area contributed by atoms with Gasteiger partial charge in [-0.2, -0.15) is 0 Å². The lowest BCUT2D eigenvalue weighted by atomic mass is 9.61. The number of Topliss-reactive ketones (excluding diaryl/α,β-unsaturated/α-hetero) is 1. The maximum Gasteiger partial charge on any atom is 0.235 e. The molecule has 0 bridgehead atoms. The van der Waals surface area contributed by atoms with Crippen LogP contribution < -0.4 is 24.8 Å². The highest BCUT2D eigenvalue weighted by molar-refractivity contribution is 6.11. The molecular weight excluding hydrogens is 548 g/mol. The zero-order valence-electron chi connectivity index (χ0n) is 25.3. The number of para-hydroxylation sites is 4. The Kier molecular flexibility index (Phi) is 10.1. The molecule has 0 saturated heterocycles. The van der Waals surface area contributed by atoms with Crippen molar-refractivity contribution in [3.63, 3.8) is 0 Å². The Morgan fingerprint density at radius 3 is 2.00 bits per heavy atom. The van der Waals surface area contributed by atoms with Crippen molar-refractivity contribution in [2.24, 2.45) is 11.8 Å². The summed E-state index contributed by atoms with van der Waals surface area (Å²) in [6, 6.07) is 20.9. The van der Waals surface area contributed by atoms with E-state index in [9.17, 15) is 19.5 Å². The van der Waals surface area contributed by atoms with Gasteiger partial charge in [-0.05, 0) is 76.6 Å². The second-order valence-electron chi connectivity index (χ2n) is 11.1. The molecule has 0 aromatic heterocycles. The van der Waals surface area contributed by atoms with Crippen LogP contribution >= 0.6 is 0 Å². The predicted octanol–water partition coefficient (Wildman–Crippen LogP) is 5.59. The number of rotatable bonds is 11. The first-order valence-corrected chi connectivity index (χ1v) is 14.6. The monoisotopic (exact) mass is 588 g/mol. The number of hydrogen-bond acceptors (Lipinski definition) is 7. The van der Waals surface area contributed by atoms with E-state index >= 15 is 0 Å². The molecule has 0 aliphatic heterocycles. The van der Waals surface area contributed by atoms with E-state index in [-0.39, 0.29) is 12.5 Å². The lowest BCUT2D eigenvalue weighted by molar-refractivity contribution is -0.150. The minimum atomic E-state index is -1.76. The molecule has 4 unspecified atom stereocenters. The fourth-order valence-corrected chi connectivity index (χ4v) is 5.68. The molecule has 1 fully saturated rings. The van der Waals surface area contributed by atoms with Gasteiger partial charge in [0, 0.05) is 12.3 Å². The van der Waals surface area contributed by atoms with Gasteiger partial charge in [-0.1, -0.05) is 36.4 Å². The van der Waals surface area contributed by atoms with Gasteiger partial charge in [0.15, 0.2) is 0 Å². The Hall–Kier alpha value is -4.37. The van der Waals surface area contributed by atoms with Gasteiger partial charge in [-0.15, -0.1) is 0 Å².